The molecular weight excluding hydrogens is 296 g/mol. The average molecular weight is 318 g/mol. The number of hydrogen-bond donors (Lipinski definition) is 1. The zero-order valence-corrected chi connectivity index (χ0v) is 14.2. The Morgan fingerprint density at radius 2 is 1.95 bits per heavy atom. The lowest BCUT2D eigenvalue weighted by Crippen LogP contribution is -2.21. The molecule has 0 radical (unpaired) electrons. The van der Waals surface area contributed by atoms with Crippen molar-refractivity contribution in [3.05, 3.63) is 41.0 Å². The molecule has 0 aliphatic carbocycles. The van der Waals surface area contributed by atoms with Crippen molar-refractivity contribution in [3.8, 4) is 10.4 Å². The minimum Gasteiger partial charge on any atom is -0.441 e. The van der Waals surface area contributed by atoms with Crippen LogP contribution in [-0.4, -0.2) is 11.1 Å². The minimum absolute atomic E-state index is 0.0348. The molecule has 118 valence electrons. The van der Waals surface area contributed by atoms with Gasteiger partial charge >= 0.3 is 6.09 Å². The number of aromatic nitrogens is 1. The summed E-state index contributed by atoms with van der Waals surface area (Å²) in [5, 5.41) is 0. The number of carbonyl (C=O) groups is 1. The van der Waals surface area contributed by atoms with Crippen LogP contribution in [0.3, 0.4) is 0 Å². The van der Waals surface area contributed by atoms with Crippen molar-refractivity contribution in [1.82, 2.24) is 4.98 Å². The number of amides is 1. The second-order valence-corrected chi connectivity index (χ2v) is 7.43. The molecule has 2 N–H and O–H groups in total. The van der Waals surface area contributed by atoms with Crippen LogP contribution in [0.1, 0.15) is 44.6 Å². The number of primary amides is 1. The molecule has 5 heteroatoms. The lowest BCUT2D eigenvalue weighted by Gasteiger charge is -2.25. The van der Waals surface area contributed by atoms with Gasteiger partial charge in [-0.05, 0) is 29.9 Å². The minimum atomic E-state index is -0.739. The molecular formula is C17H22N2O2S. The van der Waals surface area contributed by atoms with Crippen LogP contribution in [0.2, 0.25) is 0 Å². The van der Waals surface area contributed by atoms with Gasteiger partial charge in [-0.1, -0.05) is 45.0 Å². The molecule has 1 aromatic carbocycles. The molecule has 0 bridgehead atoms. The normalized spacial score (nSPS) is 12.9. The average Bonchev–Trinajstić information content (AvgIpc) is 2.82. The van der Waals surface area contributed by atoms with Gasteiger partial charge in [0.1, 0.15) is 6.10 Å². The standard InChI is InChI=1S/C17H22N2O2S/c1-11-15(22-10-19-11)13-7-5-12(6-8-13)14(21-16(18)20)9-17(2,3)4/h5-8,10,14H,9H2,1-4H3,(H2,18,20). The Kier molecular flexibility index (Phi) is 4.86. The van der Waals surface area contributed by atoms with E-state index in [1.807, 2.05) is 36.7 Å². The molecule has 4 nitrogen and oxygen atoms in total. The Labute approximate surface area is 135 Å². The molecule has 0 spiro atoms. The summed E-state index contributed by atoms with van der Waals surface area (Å²) in [6.07, 6.45) is -0.347. The zero-order valence-electron chi connectivity index (χ0n) is 13.4. The van der Waals surface area contributed by atoms with Crippen molar-refractivity contribution in [1.29, 1.82) is 0 Å². The number of benzene rings is 1. The van der Waals surface area contributed by atoms with Gasteiger partial charge < -0.3 is 10.5 Å². The van der Waals surface area contributed by atoms with Crippen LogP contribution in [0.15, 0.2) is 29.8 Å². The van der Waals surface area contributed by atoms with Gasteiger partial charge in [0, 0.05) is 0 Å². The van der Waals surface area contributed by atoms with Crippen molar-refractivity contribution in [2.24, 2.45) is 11.1 Å². The first-order valence-corrected chi connectivity index (χ1v) is 8.11. The summed E-state index contributed by atoms with van der Waals surface area (Å²) in [7, 11) is 0. The van der Waals surface area contributed by atoms with Crippen LogP contribution in [0.4, 0.5) is 4.79 Å². The summed E-state index contributed by atoms with van der Waals surface area (Å²) in [5.41, 5.74) is 10.2. The maximum absolute atomic E-state index is 11.2. The second kappa shape index (κ2) is 6.48. The first kappa shape index (κ1) is 16.5. The van der Waals surface area contributed by atoms with Crippen LogP contribution in [-0.2, 0) is 4.74 Å². The lowest BCUT2D eigenvalue weighted by molar-refractivity contribution is 0.0789. The van der Waals surface area contributed by atoms with Gasteiger partial charge in [0.15, 0.2) is 0 Å². The number of ether oxygens (including phenoxy) is 1. The monoisotopic (exact) mass is 318 g/mol. The summed E-state index contributed by atoms with van der Waals surface area (Å²) >= 11 is 1.62. The third-order valence-corrected chi connectivity index (χ3v) is 4.32. The number of aryl methyl sites for hydroxylation is 1. The Balaban J connectivity index is 2.25. The third-order valence-electron chi connectivity index (χ3n) is 3.35. The Morgan fingerprint density at radius 1 is 1.32 bits per heavy atom. The molecule has 2 rings (SSSR count). The molecule has 1 aromatic heterocycles. The van der Waals surface area contributed by atoms with Crippen LogP contribution in [0.25, 0.3) is 10.4 Å². The zero-order chi connectivity index (χ0) is 16.3. The maximum Gasteiger partial charge on any atom is 0.405 e. The summed E-state index contributed by atoms with van der Waals surface area (Å²) < 4.78 is 5.30. The van der Waals surface area contributed by atoms with Crippen molar-refractivity contribution in [2.45, 2.75) is 40.2 Å². The third kappa shape index (κ3) is 4.31. The first-order valence-electron chi connectivity index (χ1n) is 7.23. The SMILES string of the molecule is Cc1ncsc1-c1ccc(C(CC(C)(C)C)OC(N)=O)cc1. The van der Waals surface area contributed by atoms with Crippen LogP contribution in [0.5, 0.6) is 0 Å². The van der Waals surface area contributed by atoms with Gasteiger partial charge in [-0.15, -0.1) is 11.3 Å². The Bertz CT molecular complexity index is 641. The molecule has 1 amide bonds. The van der Waals surface area contributed by atoms with Gasteiger partial charge in [0.25, 0.3) is 0 Å². The molecule has 1 unspecified atom stereocenters. The molecule has 0 saturated heterocycles. The number of nitrogens with zero attached hydrogens (tertiary/aromatic N) is 1. The molecule has 0 saturated carbocycles. The van der Waals surface area contributed by atoms with E-state index in [1.165, 1.54) is 0 Å². The predicted octanol–water partition coefficient (Wildman–Crippen LogP) is 4.69. The molecule has 0 aliphatic heterocycles. The van der Waals surface area contributed by atoms with E-state index in [4.69, 9.17) is 10.5 Å². The van der Waals surface area contributed by atoms with E-state index >= 15 is 0 Å². The maximum atomic E-state index is 11.2. The van der Waals surface area contributed by atoms with Gasteiger partial charge in [-0.25, -0.2) is 9.78 Å². The molecule has 0 fully saturated rings. The predicted molar refractivity (Wildman–Crippen MR) is 89.8 cm³/mol. The molecule has 1 atom stereocenters. The first-order chi connectivity index (χ1) is 10.3. The van der Waals surface area contributed by atoms with Crippen molar-refractivity contribution in [3.63, 3.8) is 0 Å². The van der Waals surface area contributed by atoms with E-state index < -0.39 is 6.09 Å². The van der Waals surface area contributed by atoms with E-state index in [0.717, 1.165) is 28.1 Å². The number of nitrogens with two attached hydrogens (primary N) is 1. The molecule has 22 heavy (non-hydrogen) atoms. The smallest absolute Gasteiger partial charge is 0.405 e. The van der Waals surface area contributed by atoms with Crippen molar-refractivity contribution < 1.29 is 9.53 Å². The number of carbonyl (C=O) groups excluding carboxylic acids is 1. The fourth-order valence-electron chi connectivity index (χ4n) is 2.35. The fourth-order valence-corrected chi connectivity index (χ4v) is 3.16. The largest absolute Gasteiger partial charge is 0.441 e. The quantitative estimate of drug-likeness (QED) is 0.889. The van der Waals surface area contributed by atoms with Crippen LogP contribution >= 0.6 is 11.3 Å². The second-order valence-electron chi connectivity index (χ2n) is 6.58. The van der Waals surface area contributed by atoms with E-state index in [-0.39, 0.29) is 11.5 Å². The van der Waals surface area contributed by atoms with Crippen LogP contribution in [0, 0.1) is 12.3 Å². The number of hydrogen-bond acceptors (Lipinski definition) is 4. The van der Waals surface area contributed by atoms with Gasteiger partial charge in [-0.2, -0.15) is 0 Å². The summed E-state index contributed by atoms with van der Waals surface area (Å²) in [6.45, 7) is 8.33. The van der Waals surface area contributed by atoms with Crippen LogP contribution < -0.4 is 5.73 Å². The van der Waals surface area contributed by atoms with Crippen molar-refractivity contribution >= 4 is 17.4 Å². The lowest BCUT2D eigenvalue weighted by atomic mass is 9.86. The van der Waals surface area contributed by atoms with Gasteiger partial charge in [-0.3, -0.25) is 0 Å². The highest BCUT2D eigenvalue weighted by atomic mass is 32.1. The number of thiazole rings is 1. The Hall–Kier alpha value is -1.88. The van der Waals surface area contributed by atoms with E-state index in [2.05, 4.69) is 25.8 Å². The topological polar surface area (TPSA) is 65.2 Å². The highest BCUT2D eigenvalue weighted by molar-refractivity contribution is 7.13. The summed E-state index contributed by atoms with van der Waals surface area (Å²) in [4.78, 5) is 16.6. The highest BCUT2D eigenvalue weighted by Crippen LogP contribution is 2.34. The Morgan fingerprint density at radius 3 is 2.41 bits per heavy atom. The van der Waals surface area contributed by atoms with E-state index in [0.29, 0.717) is 0 Å². The highest BCUT2D eigenvalue weighted by Gasteiger charge is 2.23. The van der Waals surface area contributed by atoms with Gasteiger partial charge in [0.05, 0.1) is 16.1 Å². The van der Waals surface area contributed by atoms with Gasteiger partial charge in [0.2, 0.25) is 0 Å². The summed E-state index contributed by atoms with van der Waals surface area (Å²) in [6, 6.07) is 8.06. The number of rotatable bonds is 4. The molecule has 2 aromatic rings. The van der Waals surface area contributed by atoms with E-state index in [9.17, 15) is 4.79 Å². The van der Waals surface area contributed by atoms with E-state index in [1.54, 1.807) is 11.3 Å². The molecule has 0 aliphatic rings. The summed E-state index contributed by atoms with van der Waals surface area (Å²) in [5.74, 6) is 0. The van der Waals surface area contributed by atoms with Crippen molar-refractivity contribution in [2.75, 3.05) is 0 Å². The fraction of sp³-hybridized carbons (Fsp3) is 0.412. The molecule has 1 heterocycles.